The molecule has 0 aliphatic carbocycles. The number of halogens is 2. The number of benzene rings is 1. The zero-order valence-corrected chi connectivity index (χ0v) is 13.4. The number of fused-ring (bicyclic) bond motifs is 2. The molecule has 1 aliphatic rings. The van der Waals surface area contributed by atoms with E-state index in [-0.39, 0.29) is 11.5 Å². The fourth-order valence-electron chi connectivity index (χ4n) is 2.54. The summed E-state index contributed by atoms with van der Waals surface area (Å²) in [4.78, 5) is 0. The third kappa shape index (κ3) is 2.92. The van der Waals surface area contributed by atoms with E-state index in [9.17, 15) is 8.78 Å². The van der Waals surface area contributed by atoms with Crippen molar-refractivity contribution in [3.63, 3.8) is 0 Å². The highest BCUT2D eigenvalue weighted by Crippen LogP contribution is 2.42. The minimum absolute atomic E-state index is 0.0162. The molecule has 1 aliphatic heterocycles. The lowest BCUT2D eigenvalue weighted by molar-refractivity contribution is -0.286. The number of nitrogens with one attached hydrogen (secondary N) is 1. The van der Waals surface area contributed by atoms with Crippen LogP contribution in [0.2, 0.25) is 0 Å². The first-order valence-electron chi connectivity index (χ1n) is 7.92. The quantitative estimate of drug-likeness (QED) is 0.714. The molecule has 130 valence electrons. The highest BCUT2D eigenvalue weighted by atomic mass is 19.3. The van der Waals surface area contributed by atoms with Crippen LogP contribution in [-0.4, -0.2) is 32.7 Å². The molecule has 0 spiro atoms. The predicted molar refractivity (Wildman–Crippen MR) is 85.8 cm³/mol. The van der Waals surface area contributed by atoms with Gasteiger partial charge >= 0.3 is 6.29 Å². The van der Waals surface area contributed by atoms with Crippen LogP contribution in [0.5, 0.6) is 11.5 Å². The molecule has 0 unspecified atom stereocenters. The van der Waals surface area contributed by atoms with Crippen LogP contribution < -0.4 is 14.8 Å². The second kappa shape index (κ2) is 5.83. The highest BCUT2D eigenvalue weighted by Gasteiger charge is 2.43. The van der Waals surface area contributed by atoms with Gasteiger partial charge in [-0.1, -0.05) is 13.3 Å². The standard InChI is InChI=1S/C16H15F2N5O2/c1-2-3-8-19-13-6-7-14-20-21-15(23(14)22-13)10-4-5-11-12(9-10)25-16(17,18)24-11/h4-7,9H,2-3,8H2,1H3,(H,19,22). The lowest BCUT2D eigenvalue weighted by Gasteiger charge is -2.06. The molecule has 25 heavy (non-hydrogen) atoms. The van der Waals surface area contributed by atoms with Crippen LogP contribution in [0.15, 0.2) is 30.3 Å². The summed E-state index contributed by atoms with van der Waals surface area (Å²) in [5.74, 6) is 1.05. The molecule has 0 atom stereocenters. The van der Waals surface area contributed by atoms with Gasteiger partial charge in [-0.3, -0.25) is 0 Å². The first kappa shape index (κ1) is 15.6. The van der Waals surface area contributed by atoms with Crippen molar-refractivity contribution in [2.24, 2.45) is 0 Å². The summed E-state index contributed by atoms with van der Waals surface area (Å²) in [5.41, 5.74) is 1.10. The summed E-state index contributed by atoms with van der Waals surface area (Å²) >= 11 is 0. The molecule has 0 saturated heterocycles. The van der Waals surface area contributed by atoms with Gasteiger partial charge in [0, 0.05) is 12.1 Å². The molecule has 0 amide bonds. The summed E-state index contributed by atoms with van der Waals surface area (Å²) < 4.78 is 36.8. The summed E-state index contributed by atoms with van der Waals surface area (Å²) in [6.07, 6.45) is -1.54. The smallest absolute Gasteiger partial charge is 0.395 e. The van der Waals surface area contributed by atoms with Gasteiger partial charge in [0.05, 0.1) is 0 Å². The van der Waals surface area contributed by atoms with Crippen LogP contribution in [0.4, 0.5) is 14.6 Å². The third-order valence-electron chi connectivity index (χ3n) is 3.76. The van der Waals surface area contributed by atoms with Crippen LogP contribution in [0.3, 0.4) is 0 Å². The van der Waals surface area contributed by atoms with Gasteiger partial charge in [-0.15, -0.1) is 24.1 Å². The normalized spacial score (nSPS) is 14.8. The summed E-state index contributed by atoms with van der Waals surface area (Å²) in [6.45, 7) is 2.92. The number of ether oxygens (including phenoxy) is 2. The maximum atomic E-state index is 13.2. The Morgan fingerprint density at radius 1 is 1.12 bits per heavy atom. The lowest BCUT2D eigenvalue weighted by atomic mass is 10.2. The van der Waals surface area contributed by atoms with Crippen molar-refractivity contribution >= 4 is 11.5 Å². The number of alkyl halides is 2. The Bertz CT molecular complexity index is 928. The molecule has 2 aromatic heterocycles. The van der Waals surface area contributed by atoms with Gasteiger partial charge in [0.2, 0.25) is 0 Å². The maximum absolute atomic E-state index is 13.2. The van der Waals surface area contributed by atoms with Crippen LogP contribution in [0.1, 0.15) is 19.8 Å². The minimum Gasteiger partial charge on any atom is -0.395 e. The van der Waals surface area contributed by atoms with Crippen molar-refractivity contribution < 1.29 is 18.3 Å². The zero-order valence-electron chi connectivity index (χ0n) is 13.4. The number of unbranched alkanes of at least 4 members (excludes halogenated alkanes) is 1. The fraction of sp³-hybridized carbons (Fsp3) is 0.312. The molecule has 3 heterocycles. The van der Waals surface area contributed by atoms with Gasteiger partial charge in [-0.05, 0) is 36.8 Å². The van der Waals surface area contributed by atoms with Crippen LogP contribution in [-0.2, 0) is 0 Å². The van der Waals surface area contributed by atoms with Crippen molar-refractivity contribution in [1.29, 1.82) is 0 Å². The third-order valence-corrected chi connectivity index (χ3v) is 3.76. The molecular formula is C16H15F2N5O2. The van der Waals surface area contributed by atoms with Gasteiger partial charge in [-0.2, -0.15) is 4.52 Å². The Hall–Kier alpha value is -2.97. The summed E-state index contributed by atoms with van der Waals surface area (Å²) in [7, 11) is 0. The van der Waals surface area contributed by atoms with Crippen molar-refractivity contribution in [3.05, 3.63) is 30.3 Å². The van der Waals surface area contributed by atoms with Gasteiger partial charge in [0.1, 0.15) is 5.82 Å². The fourth-order valence-corrected chi connectivity index (χ4v) is 2.54. The molecule has 0 radical (unpaired) electrons. The van der Waals surface area contributed by atoms with E-state index in [1.807, 2.05) is 6.07 Å². The van der Waals surface area contributed by atoms with Crippen molar-refractivity contribution in [1.82, 2.24) is 19.8 Å². The number of hydrogen-bond donors (Lipinski definition) is 1. The first-order chi connectivity index (χ1) is 12.1. The molecule has 0 bridgehead atoms. The van der Waals surface area contributed by atoms with Crippen molar-refractivity contribution in [2.75, 3.05) is 11.9 Å². The molecule has 0 fully saturated rings. The van der Waals surface area contributed by atoms with Gasteiger partial charge in [0.15, 0.2) is 23.0 Å². The Labute approximate surface area is 141 Å². The minimum atomic E-state index is -3.65. The molecule has 9 heteroatoms. The Morgan fingerprint density at radius 2 is 1.96 bits per heavy atom. The number of aromatic nitrogens is 4. The largest absolute Gasteiger partial charge is 0.586 e. The van der Waals surface area contributed by atoms with Gasteiger partial charge in [0.25, 0.3) is 0 Å². The van der Waals surface area contributed by atoms with E-state index in [4.69, 9.17) is 0 Å². The van der Waals surface area contributed by atoms with E-state index in [0.29, 0.717) is 22.9 Å². The van der Waals surface area contributed by atoms with E-state index in [1.54, 1.807) is 16.6 Å². The number of hydrogen-bond acceptors (Lipinski definition) is 6. The zero-order chi connectivity index (χ0) is 17.4. The lowest BCUT2D eigenvalue weighted by Crippen LogP contribution is -2.25. The predicted octanol–water partition coefficient (Wildman–Crippen LogP) is 3.32. The Kier molecular flexibility index (Phi) is 3.63. The molecule has 4 rings (SSSR count). The number of nitrogens with zero attached hydrogens (tertiary/aromatic N) is 4. The maximum Gasteiger partial charge on any atom is 0.586 e. The SMILES string of the molecule is CCCCNc1ccc2nnc(-c3ccc4c(c3)OC(F)(F)O4)n2n1. The van der Waals surface area contributed by atoms with Crippen LogP contribution in [0, 0.1) is 0 Å². The Morgan fingerprint density at radius 3 is 2.80 bits per heavy atom. The van der Waals surface area contributed by atoms with Crippen molar-refractivity contribution in [3.8, 4) is 22.9 Å². The van der Waals surface area contributed by atoms with E-state index in [1.165, 1.54) is 12.1 Å². The average Bonchev–Trinajstić information content (AvgIpc) is 3.12. The Balaban J connectivity index is 1.69. The second-order valence-corrected chi connectivity index (χ2v) is 5.62. The molecule has 0 saturated carbocycles. The monoisotopic (exact) mass is 347 g/mol. The second-order valence-electron chi connectivity index (χ2n) is 5.62. The molecule has 1 aromatic carbocycles. The topological polar surface area (TPSA) is 73.6 Å². The molecular weight excluding hydrogens is 332 g/mol. The summed E-state index contributed by atoms with van der Waals surface area (Å²) in [6, 6.07) is 8.07. The highest BCUT2D eigenvalue weighted by molar-refractivity contribution is 5.64. The molecule has 7 nitrogen and oxygen atoms in total. The average molecular weight is 347 g/mol. The molecule has 3 aromatic rings. The van der Waals surface area contributed by atoms with Crippen LogP contribution >= 0.6 is 0 Å². The van der Waals surface area contributed by atoms with Gasteiger partial charge in [-0.25, -0.2) is 0 Å². The first-order valence-corrected chi connectivity index (χ1v) is 7.92. The van der Waals surface area contributed by atoms with E-state index >= 15 is 0 Å². The van der Waals surface area contributed by atoms with E-state index < -0.39 is 6.29 Å². The van der Waals surface area contributed by atoms with E-state index in [2.05, 4.69) is 37.0 Å². The van der Waals surface area contributed by atoms with Crippen LogP contribution in [0.25, 0.3) is 17.0 Å². The summed E-state index contributed by atoms with van der Waals surface area (Å²) in [5, 5.41) is 15.9. The number of anilines is 1. The molecule has 1 N–H and O–H groups in total. The number of rotatable bonds is 5. The van der Waals surface area contributed by atoms with E-state index in [0.717, 1.165) is 19.4 Å². The van der Waals surface area contributed by atoms with Crippen molar-refractivity contribution in [2.45, 2.75) is 26.1 Å². The van der Waals surface area contributed by atoms with Gasteiger partial charge < -0.3 is 14.8 Å².